The Morgan fingerprint density at radius 2 is 1.97 bits per heavy atom. The molecule has 2 aromatic rings. The number of benzene rings is 2. The van der Waals surface area contributed by atoms with Crippen LogP contribution in [-0.4, -0.2) is 28.8 Å². The second kappa shape index (κ2) is 7.51. The lowest BCUT2D eigenvalue weighted by Crippen LogP contribution is -2.49. The zero-order chi connectivity index (χ0) is 20.6. The number of ether oxygens (including phenoxy) is 1. The maximum absolute atomic E-state index is 13.2. The van der Waals surface area contributed by atoms with E-state index in [9.17, 15) is 18.8 Å². The smallest absolute Gasteiger partial charge is 0.344 e. The highest BCUT2D eigenvalue weighted by atomic mass is 32.2. The predicted octanol–water partition coefficient (Wildman–Crippen LogP) is 3.72. The zero-order valence-corrected chi connectivity index (χ0v) is 16.5. The van der Waals surface area contributed by atoms with Crippen LogP contribution in [0.15, 0.2) is 53.4 Å². The largest absolute Gasteiger partial charge is 0.450 e. The zero-order valence-electron chi connectivity index (χ0n) is 15.7. The van der Waals surface area contributed by atoms with Crippen molar-refractivity contribution in [2.75, 3.05) is 10.2 Å². The Bertz CT molecular complexity index is 981. The number of carbonyl (C=O) groups excluding carboxylic acids is 3. The third kappa shape index (κ3) is 3.37. The van der Waals surface area contributed by atoms with Crippen molar-refractivity contribution in [1.29, 1.82) is 0 Å². The highest BCUT2D eigenvalue weighted by Crippen LogP contribution is 2.56. The van der Waals surface area contributed by atoms with Crippen LogP contribution in [0.3, 0.4) is 0 Å². The number of nitrogens with one attached hydrogen (secondary N) is 1. The van der Waals surface area contributed by atoms with Gasteiger partial charge in [-0.25, -0.2) is 9.18 Å². The van der Waals surface area contributed by atoms with E-state index in [1.165, 1.54) is 40.9 Å². The summed E-state index contributed by atoms with van der Waals surface area (Å²) in [5.41, 5.74) is 1.10. The van der Waals surface area contributed by atoms with E-state index in [1.54, 1.807) is 13.0 Å². The number of amides is 2. The van der Waals surface area contributed by atoms with Crippen LogP contribution in [0.5, 0.6) is 0 Å². The van der Waals surface area contributed by atoms with Gasteiger partial charge in [0, 0.05) is 23.4 Å². The molecule has 1 N–H and O–H groups in total. The van der Waals surface area contributed by atoms with Crippen LogP contribution in [-0.2, 0) is 19.1 Å². The number of nitrogens with zero attached hydrogens (tertiary/aromatic N) is 1. The lowest BCUT2D eigenvalue weighted by Gasteiger charge is -2.30. The van der Waals surface area contributed by atoms with Gasteiger partial charge in [-0.1, -0.05) is 30.8 Å². The molecule has 1 fully saturated rings. The van der Waals surface area contributed by atoms with Gasteiger partial charge in [-0.2, -0.15) is 0 Å². The number of hydrogen-bond donors (Lipinski definition) is 1. The van der Waals surface area contributed by atoms with Crippen molar-refractivity contribution in [2.24, 2.45) is 0 Å². The summed E-state index contributed by atoms with van der Waals surface area (Å²) in [4.78, 5) is 39.4. The van der Waals surface area contributed by atoms with E-state index in [0.717, 1.165) is 4.90 Å². The van der Waals surface area contributed by atoms with Crippen LogP contribution in [0.2, 0.25) is 0 Å². The Labute approximate surface area is 171 Å². The van der Waals surface area contributed by atoms with Crippen LogP contribution in [0.25, 0.3) is 0 Å². The van der Waals surface area contributed by atoms with Gasteiger partial charge in [0.2, 0.25) is 5.91 Å². The van der Waals surface area contributed by atoms with E-state index in [2.05, 4.69) is 5.32 Å². The van der Waals surface area contributed by atoms with Gasteiger partial charge in [0.25, 0.3) is 5.91 Å². The second-order valence-electron chi connectivity index (χ2n) is 6.88. The fraction of sp³-hybridized carbons (Fsp3) is 0.286. The molecule has 2 atom stereocenters. The van der Waals surface area contributed by atoms with E-state index in [-0.39, 0.29) is 18.7 Å². The molecule has 4 rings (SSSR count). The summed E-state index contributed by atoms with van der Waals surface area (Å²) in [6.45, 7) is 1.73. The number of thioether (sulfide) groups is 1. The Kier molecular flexibility index (Phi) is 5.04. The summed E-state index contributed by atoms with van der Waals surface area (Å²) in [5, 5.41) is 2.63. The first-order chi connectivity index (χ1) is 13.9. The maximum Gasteiger partial charge on any atom is 0.344 e. The molecule has 2 heterocycles. The Morgan fingerprint density at radius 1 is 1.24 bits per heavy atom. The van der Waals surface area contributed by atoms with E-state index < -0.39 is 28.7 Å². The molecule has 0 radical (unpaired) electrons. The summed E-state index contributed by atoms with van der Waals surface area (Å²) in [6.07, 6.45) is -0.195. The summed E-state index contributed by atoms with van der Waals surface area (Å²) in [5.74, 6) is -1.65. The number of hydrogen-bond acceptors (Lipinski definition) is 5. The molecule has 2 amide bonds. The molecule has 0 unspecified atom stereocenters. The minimum Gasteiger partial charge on any atom is -0.450 e. The van der Waals surface area contributed by atoms with Crippen LogP contribution in [0.4, 0.5) is 15.8 Å². The van der Waals surface area contributed by atoms with Crippen molar-refractivity contribution >= 4 is 40.9 Å². The van der Waals surface area contributed by atoms with Gasteiger partial charge in [0.1, 0.15) is 5.82 Å². The van der Waals surface area contributed by atoms with Crippen molar-refractivity contribution in [3.8, 4) is 0 Å². The molecule has 0 saturated carbocycles. The number of esters is 1. The third-order valence-corrected chi connectivity index (χ3v) is 6.47. The lowest BCUT2D eigenvalue weighted by molar-refractivity contribution is -0.156. The molecule has 0 aliphatic carbocycles. The van der Waals surface area contributed by atoms with Crippen molar-refractivity contribution in [3.05, 3.63) is 54.3 Å². The molecule has 29 heavy (non-hydrogen) atoms. The monoisotopic (exact) mass is 414 g/mol. The van der Waals surface area contributed by atoms with Gasteiger partial charge >= 0.3 is 5.97 Å². The van der Waals surface area contributed by atoms with Crippen molar-refractivity contribution in [1.82, 2.24) is 0 Å². The molecular weight excluding hydrogens is 395 g/mol. The third-order valence-electron chi connectivity index (χ3n) is 5.02. The first-order valence-corrected chi connectivity index (χ1v) is 10.1. The molecule has 6 nitrogen and oxygen atoms in total. The number of anilines is 2. The van der Waals surface area contributed by atoms with Gasteiger partial charge < -0.3 is 10.1 Å². The average Bonchev–Trinajstić information content (AvgIpc) is 3.23. The summed E-state index contributed by atoms with van der Waals surface area (Å²) in [7, 11) is 0. The number of para-hydroxylation sites is 1. The van der Waals surface area contributed by atoms with E-state index in [1.807, 2.05) is 18.2 Å². The molecule has 2 aliphatic heterocycles. The highest BCUT2D eigenvalue weighted by molar-refractivity contribution is 8.02. The normalized spacial score (nSPS) is 20.8. The Hall–Kier alpha value is -2.87. The number of halogens is 1. The van der Waals surface area contributed by atoms with Crippen LogP contribution in [0, 0.1) is 5.82 Å². The van der Waals surface area contributed by atoms with Crippen LogP contribution < -0.4 is 10.2 Å². The molecule has 2 aliphatic rings. The summed E-state index contributed by atoms with van der Waals surface area (Å²) >= 11 is 1.29. The second-order valence-corrected chi connectivity index (χ2v) is 8.20. The first kappa shape index (κ1) is 19.4. The van der Waals surface area contributed by atoms with Gasteiger partial charge in [-0.15, -0.1) is 0 Å². The Morgan fingerprint density at radius 3 is 2.69 bits per heavy atom. The maximum atomic E-state index is 13.2. The SMILES string of the molecule is CC[C@@H](OC(=O)[C@@]12CCC(=O)N1c1ccccc1S2)C(=O)Nc1ccc(F)cc1. The minimum absolute atomic E-state index is 0.136. The van der Waals surface area contributed by atoms with Crippen molar-refractivity contribution in [2.45, 2.75) is 42.1 Å². The number of rotatable bonds is 5. The molecule has 0 bridgehead atoms. The lowest BCUT2D eigenvalue weighted by atomic mass is 10.2. The molecule has 1 saturated heterocycles. The Balaban J connectivity index is 1.52. The average molecular weight is 414 g/mol. The minimum atomic E-state index is -1.18. The van der Waals surface area contributed by atoms with Gasteiger partial charge in [-0.3, -0.25) is 14.5 Å². The molecule has 150 valence electrons. The topological polar surface area (TPSA) is 75.7 Å². The predicted molar refractivity (Wildman–Crippen MR) is 107 cm³/mol. The van der Waals surface area contributed by atoms with E-state index in [0.29, 0.717) is 17.8 Å². The molecule has 0 spiro atoms. The van der Waals surface area contributed by atoms with E-state index >= 15 is 0 Å². The fourth-order valence-electron chi connectivity index (χ4n) is 3.57. The first-order valence-electron chi connectivity index (χ1n) is 9.33. The van der Waals surface area contributed by atoms with Crippen LogP contribution in [0.1, 0.15) is 26.2 Å². The van der Waals surface area contributed by atoms with Gasteiger partial charge in [-0.05, 0) is 42.8 Å². The molecule has 0 aromatic heterocycles. The highest BCUT2D eigenvalue weighted by Gasteiger charge is 2.59. The molecule has 8 heteroatoms. The van der Waals surface area contributed by atoms with Gasteiger partial charge in [0.05, 0.1) is 5.69 Å². The van der Waals surface area contributed by atoms with Crippen molar-refractivity contribution in [3.63, 3.8) is 0 Å². The summed E-state index contributed by atoms with van der Waals surface area (Å²) in [6, 6.07) is 12.7. The van der Waals surface area contributed by atoms with Gasteiger partial charge in [0.15, 0.2) is 11.0 Å². The number of carbonyl (C=O) groups is 3. The summed E-state index contributed by atoms with van der Waals surface area (Å²) < 4.78 is 18.6. The molecule has 2 aromatic carbocycles. The number of fused-ring (bicyclic) bond motifs is 3. The van der Waals surface area contributed by atoms with Crippen LogP contribution >= 0.6 is 11.8 Å². The standard InChI is InChI=1S/C21H19FN2O4S/c1-2-16(19(26)23-14-9-7-13(22)8-10-14)28-20(27)21-12-11-18(25)24(21)15-5-3-4-6-17(15)29-21/h3-10,16H,2,11-12H2,1H3,(H,23,26)/t16-,21+/m1/s1. The van der Waals surface area contributed by atoms with Crippen molar-refractivity contribution < 1.29 is 23.5 Å². The quantitative estimate of drug-likeness (QED) is 0.755. The molecular formula is C21H19FN2O4S. The van der Waals surface area contributed by atoms with E-state index in [4.69, 9.17) is 4.74 Å². The fourth-order valence-corrected chi connectivity index (χ4v) is 4.97.